The zero-order chi connectivity index (χ0) is 16.3. The number of rotatable bonds is 4. The third kappa shape index (κ3) is 3.48. The van der Waals surface area contributed by atoms with Gasteiger partial charge in [0.25, 0.3) is 11.6 Å². The summed E-state index contributed by atoms with van der Waals surface area (Å²) in [5, 5.41) is 10.8. The number of benzene rings is 1. The van der Waals surface area contributed by atoms with Crippen molar-refractivity contribution in [3.63, 3.8) is 0 Å². The molecular weight excluding hydrogens is 350 g/mol. The summed E-state index contributed by atoms with van der Waals surface area (Å²) in [6.07, 6.45) is 3.09. The van der Waals surface area contributed by atoms with E-state index in [4.69, 9.17) is 0 Å². The summed E-state index contributed by atoms with van der Waals surface area (Å²) in [5.41, 5.74) is 1.16. The molecule has 0 unspecified atom stereocenters. The molecule has 1 atom stereocenters. The lowest BCUT2D eigenvalue weighted by atomic mass is 10.1. The molecule has 22 heavy (non-hydrogen) atoms. The molecule has 0 N–H and O–H groups in total. The Labute approximate surface area is 136 Å². The highest BCUT2D eigenvalue weighted by molar-refractivity contribution is 9.10. The molecule has 0 bridgehead atoms. The highest BCUT2D eigenvalue weighted by Crippen LogP contribution is 2.24. The Morgan fingerprint density at radius 2 is 2.09 bits per heavy atom. The fourth-order valence-electron chi connectivity index (χ4n) is 2.03. The number of amides is 1. The van der Waals surface area contributed by atoms with Crippen molar-refractivity contribution in [3.05, 3.63) is 68.4 Å². The number of carbonyl (C=O) groups is 1. The second-order valence-corrected chi connectivity index (χ2v) is 5.75. The zero-order valence-corrected chi connectivity index (χ0v) is 13.6. The van der Waals surface area contributed by atoms with Crippen LogP contribution in [0.3, 0.4) is 0 Å². The van der Waals surface area contributed by atoms with Gasteiger partial charge in [0.2, 0.25) is 0 Å². The van der Waals surface area contributed by atoms with Crippen LogP contribution >= 0.6 is 15.9 Å². The van der Waals surface area contributed by atoms with Crippen LogP contribution in [0.5, 0.6) is 0 Å². The number of pyridine rings is 1. The summed E-state index contributed by atoms with van der Waals surface area (Å²) < 4.78 is 0.717. The number of non-ortho nitro benzene ring substituents is 1. The Morgan fingerprint density at radius 3 is 2.73 bits per heavy atom. The predicted octanol–water partition coefficient (Wildman–Crippen LogP) is 3.59. The van der Waals surface area contributed by atoms with Gasteiger partial charge in [-0.25, -0.2) is 0 Å². The summed E-state index contributed by atoms with van der Waals surface area (Å²) in [5.74, 6) is -0.201. The van der Waals surface area contributed by atoms with Crippen LogP contribution < -0.4 is 0 Å². The molecule has 0 fully saturated rings. The molecule has 2 aromatic rings. The number of nitrogens with zero attached hydrogens (tertiary/aromatic N) is 3. The van der Waals surface area contributed by atoms with Crippen molar-refractivity contribution < 1.29 is 9.72 Å². The van der Waals surface area contributed by atoms with E-state index in [1.807, 2.05) is 6.92 Å². The number of hydrogen-bond donors (Lipinski definition) is 0. The van der Waals surface area contributed by atoms with Gasteiger partial charge in [-0.05, 0) is 34.5 Å². The van der Waals surface area contributed by atoms with E-state index >= 15 is 0 Å². The van der Waals surface area contributed by atoms with Gasteiger partial charge < -0.3 is 4.90 Å². The number of nitro groups is 1. The van der Waals surface area contributed by atoms with E-state index < -0.39 is 4.92 Å². The Kier molecular flexibility index (Phi) is 4.87. The molecule has 0 aliphatic carbocycles. The van der Waals surface area contributed by atoms with Gasteiger partial charge in [-0.2, -0.15) is 0 Å². The summed E-state index contributed by atoms with van der Waals surface area (Å²) in [7, 11) is 1.66. The fraction of sp³-hybridized carbons (Fsp3) is 0.200. The van der Waals surface area contributed by atoms with Gasteiger partial charge in [-0.3, -0.25) is 19.9 Å². The van der Waals surface area contributed by atoms with Gasteiger partial charge in [0.15, 0.2) is 0 Å². The molecule has 0 aliphatic heterocycles. The smallest absolute Gasteiger partial charge is 0.269 e. The third-order valence-corrected chi connectivity index (χ3v) is 3.85. The number of hydrogen-bond acceptors (Lipinski definition) is 4. The maximum atomic E-state index is 12.5. The number of aromatic nitrogens is 1. The Morgan fingerprint density at radius 1 is 1.36 bits per heavy atom. The lowest BCUT2D eigenvalue weighted by molar-refractivity contribution is -0.384. The first-order valence-electron chi connectivity index (χ1n) is 6.52. The van der Waals surface area contributed by atoms with E-state index in [0.29, 0.717) is 11.1 Å². The van der Waals surface area contributed by atoms with Crippen LogP contribution in [0.1, 0.15) is 28.9 Å². The molecule has 1 amide bonds. The molecule has 1 aromatic carbocycles. The van der Waals surface area contributed by atoms with Gasteiger partial charge in [-0.15, -0.1) is 0 Å². The lowest BCUT2D eigenvalue weighted by Gasteiger charge is -2.25. The van der Waals surface area contributed by atoms with Crippen LogP contribution in [0.4, 0.5) is 5.69 Å². The van der Waals surface area contributed by atoms with Crippen LogP contribution in [0.25, 0.3) is 0 Å². The number of carbonyl (C=O) groups excluding carboxylic acids is 1. The Balaban J connectivity index is 2.25. The fourth-order valence-corrected chi connectivity index (χ4v) is 2.40. The van der Waals surface area contributed by atoms with E-state index in [0.717, 1.165) is 4.47 Å². The standard InChI is InChI=1S/C15H14BrN3O3/c1-10(11-4-3-5-14(7-11)19(21)22)18(2)15(20)12-6-13(16)9-17-8-12/h3-10H,1-2H3/t10-/m1/s1. The van der Waals surface area contributed by atoms with Crippen LogP contribution in [0.15, 0.2) is 47.2 Å². The third-order valence-electron chi connectivity index (χ3n) is 3.42. The van der Waals surface area contributed by atoms with Crippen LogP contribution in [0, 0.1) is 10.1 Å². The Bertz CT molecular complexity index is 721. The first-order valence-corrected chi connectivity index (χ1v) is 7.31. The minimum Gasteiger partial charge on any atom is -0.335 e. The minimum atomic E-state index is -0.448. The molecule has 7 heteroatoms. The van der Waals surface area contributed by atoms with E-state index in [9.17, 15) is 14.9 Å². The second-order valence-electron chi connectivity index (χ2n) is 4.84. The summed E-state index contributed by atoms with van der Waals surface area (Å²) >= 11 is 3.28. The van der Waals surface area contributed by atoms with Crippen LogP contribution in [-0.2, 0) is 0 Å². The number of nitro benzene ring substituents is 1. The molecule has 114 valence electrons. The van der Waals surface area contributed by atoms with Crippen LogP contribution in [-0.4, -0.2) is 27.8 Å². The van der Waals surface area contributed by atoms with Crippen molar-refractivity contribution in [1.82, 2.24) is 9.88 Å². The van der Waals surface area contributed by atoms with Crippen molar-refractivity contribution in [2.24, 2.45) is 0 Å². The predicted molar refractivity (Wildman–Crippen MR) is 85.5 cm³/mol. The first-order chi connectivity index (χ1) is 10.4. The molecule has 2 rings (SSSR count). The monoisotopic (exact) mass is 363 g/mol. The van der Waals surface area contributed by atoms with Gasteiger partial charge in [-0.1, -0.05) is 12.1 Å². The molecular formula is C15H14BrN3O3. The van der Waals surface area contributed by atoms with E-state index in [1.54, 1.807) is 31.4 Å². The highest BCUT2D eigenvalue weighted by Gasteiger charge is 2.20. The van der Waals surface area contributed by atoms with Crippen molar-refractivity contribution >= 4 is 27.5 Å². The highest BCUT2D eigenvalue weighted by atomic mass is 79.9. The molecule has 1 aromatic heterocycles. The largest absolute Gasteiger partial charge is 0.335 e. The quantitative estimate of drug-likeness (QED) is 0.614. The molecule has 0 aliphatic rings. The summed E-state index contributed by atoms with van der Waals surface area (Å²) in [6.45, 7) is 1.82. The topological polar surface area (TPSA) is 76.3 Å². The van der Waals surface area contributed by atoms with Crippen LogP contribution in [0.2, 0.25) is 0 Å². The molecule has 0 saturated heterocycles. The second kappa shape index (κ2) is 6.65. The van der Waals surface area contributed by atoms with Crippen molar-refractivity contribution in [1.29, 1.82) is 0 Å². The summed E-state index contributed by atoms with van der Waals surface area (Å²) in [4.78, 5) is 28.4. The van der Waals surface area contributed by atoms with Crippen molar-refractivity contribution in [2.45, 2.75) is 13.0 Å². The van der Waals surface area contributed by atoms with Crippen molar-refractivity contribution in [3.8, 4) is 0 Å². The normalized spacial score (nSPS) is 11.8. The minimum absolute atomic E-state index is 0.00863. The summed E-state index contributed by atoms with van der Waals surface area (Å²) in [6, 6.07) is 7.67. The molecule has 6 nitrogen and oxygen atoms in total. The molecule has 1 heterocycles. The van der Waals surface area contributed by atoms with Gasteiger partial charge in [0.1, 0.15) is 0 Å². The maximum absolute atomic E-state index is 12.5. The average Bonchev–Trinajstić information content (AvgIpc) is 2.52. The average molecular weight is 364 g/mol. The first kappa shape index (κ1) is 16.1. The molecule has 0 radical (unpaired) electrons. The number of halogens is 1. The SMILES string of the molecule is C[C@H](c1cccc([N+](=O)[O-])c1)N(C)C(=O)c1cncc(Br)c1. The lowest BCUT2D eigenvalue weighted by Crippen LogP contribution is -2.29. The molecule has 0 saturated carbocycles. The van der Waals surface area contributed by atoms with Gasteiger partial charge >= 0.3 is 0 Å². The van der Waals surface area contributed by atoms with E-state index in [2.05, 4.69) is 20.9 Å². The zero-order valence-electron chi connectivity index (χ0n) is 12.1. The van der Waals surface area contributed by atoms with Crippen molar-refractivity contribution in [2.75, 3.05) is 7.05 Å². The van der Waals surface area contributed by atoms with E-state index in [1.165, 1.54) is 23.2 Å². The Hall–Kier alpha value is -2.28. The van der Waals surface area contributed by atoms with Gasteiger partial charge in [0, 0.05) is 36.0 Å². The molecule has 0 spiro atoms. The van der Waals surface area contributed by atoms with Gasteiger partial charge in [0.05, 0.1) is 16.5 Å². The van der Waals surface area contributed by atoms with E-state index in [-0.39, 0.29) is 17.6 Å². The maximum Gasteiger partial charge on any atom is 0.269 e.